The Morgan fingerprint density at radius 2 is 1.86 bits per heavy atom. The van der Waals surface area contributed by atoms with Crippen molar-refractivity contribution < 1.29 is 0 Å². The summed E-state index contributed by atoms with van der Waals surface area (Å²) in [6, 6.07) is 10.1. The van der Waals surface area contributed by atoms with Gasteiger partial charge in [-0.05, 0) is 49.4 Å². The van der Waals surface area contributed by atoms with E-state index < -0.39 is 0 Å². The maximum absolute atomic E-state index is 6.15. The topological polar surface area (TPSA) is 32.5 Å². The van der Waals surface area contributed by atoms with Crippen LogP contribution in [-0.4, -0.2) is 38.1 Å². The molecular weight excluding hydrogens is 258 g/mol. The van der Waals surface area contributed by atoms with E-state index in [0.29, 0.717) is 6.04 Å². The van der Waals surface area contributed by atoms with Gasteiger partial charge in [-0.3, -0.25) is 4.90 Å². The van der Waals surface area contributed by atoms with Crippen LogP contribution in [0.5, 0.6) is 0 Å². The summed E-state index contributed by atoms with van der Waals surface area (Å²) in [7, 11) is 4.17. The van der Waals surface area contributed by atoms with E-state index in [0.717, 1.165) is 18.5 Å². The van der Waals surface area contributed by atoms with Gasteiger partial charge in [-0.25, -0.2) is 0 Å². The van der Waals surface area contributed by atoms with Gasteiger partial charge in [0.2, 0.25) is 0 Å². The van der Waals surface area contributed by atoms with Crippen molar-refractivity contribution in [2.24, 2.45) is 11.7 Å². The van der Waals surface area contributed by atoms with Crippen molar-refractivity contribution in [1.29, 1.82) is 0 Å². The van der Waals surface area contributed by atoms with Gasteiger partial charge in [0.15, 0.2) is 0 Å². The van der Waals surface area contributed by atoms with Gasteiger partial charge in [0.05, 0.1) is 0 Å². The van der Waals surface area contributed by atoms with E-state index in [-0.39, 0.29) is 0 Å². The number of anilines is 1. The fourth-order valence-corrected chi connectivity index (χ4v) is 4.29. The molecule has 1 aliphatic carbocycles. The summed E-state index contributed by atoms with van der Waals surface area (Å²) in [4.78, 5) is 4.85. The van der Waals surface area contributed by atoms with E-state index in [9.17, 15) is 0 Å². The van der Waals surface area contributed by atoms with Crippen molar-refractivity contribution in [2.75, 3.05) is 32.1 Å². The molecule has 1 aliphatic heterocycles. The Kier molecular flexibility index (Phi) is 4.51. The van der Waals surface area contributed by atoms with Gasteiger partial charge in [0.1, 0.15) is 0 Å². The minimum Gasteiger partial charge on any atom is -0.378 e. The zero-order valence-corrected chi connectivity index (χ0v) is 13.5. The van der Waals surface area contributed by atoms with E-state index in [1.54, 1.807) is 0 Å². The SMILES string of the molecule is CN(C)c1ccc(C(CN)N2CCC3CCCCC32)cc1. The summed E-state index contributed by atoms with van der Waals surface area (Å²) in [6.45, 7) is 1.96. The molecule has 1 saturated carbocycles. The van der Waals surface area contributed by atoms with Crippen LogP contribution in [0, 0.1) is 5.92 Å². The van der Waals surface area contributed by atoms with Gasteiger partial charge in [-0.2, -0.15) is 0 Å². The first kappa shape index (κ1) is 14.9. The lowest BCUT2D eigenvalue weighted by Crippen LogP contribution is -2.40. The van der Waals surface area contributed by atoms with Crippen LogP contribution in [0.25, 0.3) is 0 Å². The van der Waals surface area contributed by atoms with Crippen LogP contribution in [0.1, 0.15) is 43.7 Å². The molecular formula is C18H29N3. The third kappa shape index (κ3) is 2.95. The monoisotopic (exact) mass is 287 g/mol. The highest BCUT2D eigenvalue weighted by molar-refractivity contribution is 5.46. The molecule has 1 aromatic carbocycles. The minimum atomic E-state index is 0.398. The molecule has 0 bridgehead atoms. The zero-order chi connectivity index (χ0) is 14.8. The molecule has 3 atom stereocenters. The Morgan fingerprint density at radius 3 is 2.52 bits per heavy atom. The Bertz CT molecular complexity index is 454. The number of benzene rings is 1. The lowest BCUT2D eigenvalue weighted by atomic mass is 9.84. The highest BCUT2D eigenvalue weighted by atomic mass is 15.2. The molecule has 116 valence electrons. The predicted molar refractivity (Wildman–Crippen MR) is 89.6 cm³/mol. The molecule has 3 unspecified atom stereocenters. The van der Waals surface area contributed by atoms with Crippen LogP contribution in [0.3, 0.4) is 0 Å². The van der Waals surface area contributed by atoms with Crippen LogP contribution in [-0.2, 0) is 0 Å². The minimum absolute atomic E-state index is 0.398. The number of nitrogens with two attached hydrogens (primary N) is 1. The lowest BCUT2D eigenvalue weighted by molar-refractivity contribution is 0.135. The first-order valence-corrected chi connectivity index (χ1v) is 8.44. The Hall–Kier alpha value is -1.06. The molecule has 1 heterocycles. The number of likely N-dealkylation sites (tertiary alicyclic amines) is 1. The molecule has 3 rings (SSSR count). The zero-order valence-electron chi connectivity index (χ0n) is 13.5. The lowest BCUT2D eigenvalue weighted by Gasteiger charge is -2.37. The molecule has 0 aromatic heterocycles. The summed E-state index contributed by atoms with van der Waals surface area (Å²) >= 11 is 0. The smallest absolute Gasteiger partial charge is 0.0473 e. The summed E-state index contributed by atoms with van der Waals surface area (Å²) in [5.74, 6) is 0.925. The molecule has 0 amide bonds. The molecule has 3 heteroatoms. The van der Waals surface area contributed by atoms with E-state index in [4.69, 9.17) is 5.73 Å². The normalized spacial score (nSPS) is 27.4. The van der Waals surface area contributed by atoms with Gasteiger partial charge in [-0.1, -0.05) is 25.0 Å². The summed E-state index contributed by atoms with van der Waals surface area (Å²) in [5.41, 5.74) is 8.79. The number of nitrogens with zero attached hydrogens (tertiary/aromatic N) is 2. The van der Waals surface area contributed by atoms with E-state index in [1.807, 2.05) is 0 Å². The van der Waals surface area contributed by atoms with Crippen molar-refractivity contribution in [3.05, 3.63) is 29.8 Å². The van der Waals surface area contributed by atoms with Crippen LogP contribution in [0.2, 0.25) is 0 Å². The molecule has 21 heavy (non-hydrogen) atoms. The van der Waals surface area contributed by atoms with Crippen LogP contribution >= 0.6 is 0 Å². The van der Waals surface area contributed by atoms with Crippen molar-refractivity contribution in [1.82, 2.24) is 4.90 Å². The average Bonchev–Trinajstić information content (AvgIpc) is 2.93. The number of rotatable bonds is 4. The third-order valence-corrected chi connectivity index (χ3v) is 5.47. The van der Waals surface area contributed by atoms with Gasteiger partial charge < -0.3 is 10.6 Å². The van der Waals surface area contributed by atoms with Crippen LogP contribution in [0.15, 0.2) is 24.3 Å². The molecule has 2 N–H and O–H groups in total. The first-order valence-electron chi connectivity index (χ1n) is 8.44. The Balaban J connectivity index is 1.78. The molecule has 0 radical (unpaired) electrons. The largest absolute Gasteiger partial charge is 0.378 e. The summed E-state index contributed by atoms with van der Waals surface area (Å²) in [6.07, 6.45) is 7.00. The predicted octanol–water partition coefficient (Wildman–Crippen LogP) is 3.02. The number of fused-ring (bicyclic) bond motifs is 1. The molecule has 1 saturated heterocycles. The molecule has 3 nitrogen and oxygen atoms in total. The Labute approximate surface area is 129 Å². The number of hydrogen-bond donors (Lipinski definition) is 1. The highest BCUT2D eigenvalue weighted by Gasteiger charge is 2.38. The van der Waals surface area contributed by atoms with Gasteiger partial charge >= 0.3 is 0 Å². The molecule has 2 aliphatic rings. The van der Waals surface area contributed by atoms with Crippen molar-refractivity contribution in [3.8, 4) is 0 Å². The van der Waals surface area contributed by atoms with Gasteiger partial charge in [-0.15, -0.1) is 0 Å². The molecule has 1 aromatic rings. The van der Waals surface area contributed by atoms with E-state index >= 15 is 0 Å². The maximum Gasteiger partial charge on any atom is 0.0473 e. The quantitative estimate of drug-likeness (QED) is 0.924. The van der Waals surface area contributed by atoms with Crippen molar-refractivity contribution in [3.63, 3.8) is 0 Å². The standard InChI is InChI=1S/C18H29N3/c1-20(2)16-9-7-15(8-10-16)18(13-19)21-12-11-14-5-3-4-6-17(14)21/h7-10,14,17-18H,3-6,11-13,19H2,1-2H3. The fraction of sp³-hybridized carbons (Fsp3) is 0.667. The summed E-state index contributed by atoms with van der Waals surface area (Å²) < 4.78 is 0. The van der Waals surface area contributed by atoms with E-state index in [2.05, 4.69) is 48.2 Å². The second kappa shape index (κ2) is 6.37. The number of hydrogen-bond acceptors (Lipinski definition) is 3. The van der Waals surface area contributed by atoms with Crippen LogP contribution < -0.4 is 10.6 Å². The fourth-order valence-electron chi connectivity index (χ4n) is 4.29. The molecule has 2 fully saturated rings. The van der Waals surface area contributed by atoms with Crippen molar-refractivity contribution in [2.45, 2.75) is 44.2 Å². The van der Waals surface area contributed by atoms with Gasteiger partial charge in [0.25, 0.3) is 0 Å². The highest BCUT2D eigenvalue weighted by Crippen LogP contribution is 2.40. The second-order valence-electron chi connectivity index (χ2n) is 6.88. The molecule has 0 spiro atoms. The third-order valence-electron chi connectivity index (χ3n) is 5.47. The Morgan fingerprint density at radius 1 is 1.14 bits per heavy atom. The average molecular weight is 287 g/mol. The van der Waals surface area contributed by atoms with E-state index in [1.165, 1.54) is 49.9 Å². The maximum atomic E-state index is 6.15. The second-order valence-corrected chi connectivity index (χ2v) is 6.88. The van der Waals surface area contributed by atoms with Crippen molar-refractivity contribution >= 4 is 5.69 Å². The summed E-state index contributed by atoms with van der Waals surface area (Å²) in [5, 5.41) is 0. The first-order chi connectivity index (χ1) is 10.2. The van der Waals surface area contributed by atoms with Crippen LogP contribution in [0.4, 0.5) is 5.69 Å². The van der Waals surface area contributed by atoms with Gasteiger partial charge in [0, 0.05) is 38.4 Å².